The van der Waals surface area contributed by atoms with Crippen molar-refractivity contribution in [3.8, 4) is 0 Å². The molecule has 35 heavy (non-hydrogen) atoms. The first-order chi connectivity index (χ1) is 16.3. The van der Waals surface area contributed by atoms with Crippen molar-refractivity contribution in [3.05, 3.63) is 34.9 Å². The lowest BCUT2D eigenvalue weighted by Crippen LogP contribution is -2.54. The summed E-state index contributed by atoms with van der Waals surface area (Å²) in [5.74, 6) is -1.59. The van der Waals surface area contributed by atoms with Crippen molar-refractivity contribution in [2.75, 3.05) is 26.3 Å². The second-order valence-corrected chi connectivity index (χ2v) is 9.10. The highest BCUT2D eigenvalue weighted by Gasteiger charge is 2.35. The normalized spacial score (nSPS) is 12.8. The van der Waals surface area contributed by atoms with Gasteiger partial charge in [-0.1, -0.05) is 18.2 Å². The lowest BCUT2D eigenvalue weighted by molar-refractivity contribution is -0.144. The number of amides is 3. The topological polar surface area (TPSA) is 134 Å². The highest BCUT2D eigenvalue weighted by Crippen LogP contribution is 2.24. The van der Waals surface area contributed by atoms with Gasteiger partial charge in [0.05, 0.1) is 19.6 Å². The van der Waals surface area contributed by atoms with E-state index >= 15 is 0 Å². The Kier molecular flexibility index (Phi) is 11.7. The van der Waals surface area contributed by atoms with Crippen LogP contribution < -0.4 is 10.6 Å². The van der Waals surface area contributed by atoms with Crippen LogP contribution in [0.1, 0.15) is 63.8 Å². The fraction of sp³-hybridized carbons (Fsp3) is 0.600. The number of carbonyl (C=O) groups excluding carboxylic acids is 4. The van der Waals surface area contributed by atoms with Crippen molar-refractivity contribution in [2.45, 2.75) is 72.6 Å². The van der Waals surface area contributed by atoms with Crippen LogP contribution >= 0.6 is 0 Å². The Labute approximate surface area is 207 Å². The molecule has 196 valence electrons. The number of carbonyl (C=O) groups is 4. The van der Waals surface area contributed by atoms with Gasteiger partial charge in [0, 0.05) is 13.1 Å². The van der Waals surface area contributed by atoms with E-state index in [1.807, 2.05) is 26.0 Å². The van der Waals surface area contributed by atoms with Crippen LogP contribution in [-0.2, 0) is 23.9 Å². The van der Waals surface area contributed by atoms with Crippen LogP contribution in [0.2, 0.25) is 0 Å². The summed E-state index contributed by atoms with van der Waals surface area (Å²) in [4.78, 5) is 51.8. The highest BCUT2D eigenvalue weighted by atomic mass is 16.6. The molecule has 0 aromatic heterocycles. The Balaban J connectivity index is 3.22. The monoisotopic (exact) mass is 493 g/mol. The molecule has 1 aromatic carbocycles. The number of benzene rings is 1. The smallest absolute Gasteiger partial charge is 0.408 e. The molecule has 0 spiro atoms. The second kappa shape index (κ2) is 13.7. The molecule has 2 atom stereocenters. The molecule has 0 heterocycles. The molecule has 0 bridgehead atoms. The fourth-order valence-corrected chi connectivity index (χ4v) is 3.33. The van der Waals surface area contributed by atoms with Crippen LogP contribution in [0.25, 0.3) is 0 Å². The summed E-state index contributed by atoms with van der Waals surface area (Å²) in [6, 6.07) is 3.05. The van der Waals surface area contributed by atoms with Gasteiger partial charge in [0.1, 0.15) is 17.7 Å². The number of aliphatic hydroxyl groups excluding tert-OH is 1. The van der Waals surface area contributed by atoms with Crippen molar-refractivity contribution in [2.24, 2.45) is 0 Å². The van der Waals surface area contributed by atoms with Gasteiger partial charge in [-0.25, -0.2) is 4.79 Å². The zero-order chi connectivity index (χ0) is 26.8. The zero-order valence-corrected chi connectivity index (χ0v) is 21.8. The molecule has 3 amide bonds. The number of alkyl carbamates (subject to hydrolysis) is 1. The van der Waals surface area contributed by atoms with Gasteiger partial charge in [0.2, 0.25) is 11.8 Å². The van der Waals surface area contributed by atoms with Gasteiger partial charge in [-0.05, 0) is 65.2 Å². The van der Waals surface area contributed by atoms with Crippen LogP contribution in [-0.4, -0.2) is 71.8 Å². The van der Waals surface area contributed by atoms with E-state index in [-0.39, 0.29) is 26.1 Å². The van der Waals surface area contributed by atoms with Crippen LogP contribution in [0.4, 0.5) is 4.79 Å². The van der Waals surface area contributed by atoms with E-state index in [4.69, 9.17) is 9.47 Å². The minimum Gasteiger partial charge on any atom is -0.466 e. The van der Waals surface area contributed by atoms with Crippen LogP contribution in [0.3, 0.4) is 0 Å². The molecular formula is C25H39N3O7. The van der Waals surface area contributed by atoms with E-state index < -0.39 is 48.2 Å². The Morgan fingerprint density at radius 3 is 2.26 bits per heavy atom. The van der Waals surface area contributed by atoms with Crippen molar-refractivity contribution in [3.63, 3.8) is 0 Å². The van der Waals surface area contributed by atoms with Gasteiger partial charge in [-0.3, -0.25) is 14.4 Å². The Morgan fingerprint density at radius 1 is 1.09 bits per heavy atom. The van der Waals surface area contributed by atoms with Crippen LogP contribution in [0.15, 0.2) is 18.2 Å². The van der Waals surface area contributed by atoms with Gasteiger partial charge in [0.25, 0.3) is 0 Å². The third-order valence-electron chi connectivity index (χ3n) is 5.14. The first-order valence-electron chi connectivity index (χ1n) is 11.8. The Hall–Kier alpha value is -3.14. The lowest BCUT2D eigenvalue weighted by atomic mass is 9.98. The standard InChI is InChI=1S/C25H39N3O7/c1-8-28(23(32)19(15-29)27-24(33)35-25(5,6)7)21(18-11-10-16(3)17(4)14-18)22(31)26-13-12-20(30)34-9-2/h10-11,14,19,21,29H,8-9,12-13,15H2,1-7H3,(H,26,31)(H,27,33). The molecule has 0 aliphatic carbocycles. The molecule has 1 aromatic rings. The summed E-state index contributed by atoms with van der Waals surface area (Å²) >= 11 is 0. The number of nitrogens with one attached hydrogen (secondary N) is 2. The summed E-state index contributed by atoms with van der Waals surface area (Å²) in [7, 11) is 0. The first kappa shape index (κ1) is 29.9. The number of aryl methyl sites for hydroxylation is 2. The minimum absolute atomic E-state index is 0.0151. The van der Waals surface area contributed by atoms with E-state index in [1.54, 1.807) is 40.7 Å². The average molecular weight is 494 g/mol. The predicted molar refractivity (Wildman–Crippen MR) is 131 cm³/mol. The summed E-state index contributed by atoms with van der Waals surface area (Å²) in [6.45, 7) is 12.0. The Morgan fingerprint density at radius 2 is 1.74 bits per heavy atom. The number of ether oxygens (including phenoxy) is 2. The number of aliphatic hydroxyl groups is 1. The SMILES string of the molecule is CCOC(=O)CCNC(=O)C(c1ccc(C)c(C)c1)N(CC)C(=O)C(CO)NC(=O)OC(C)(C)C. The van der Waals surface area contributed by atoms with Gasteiger partial charge >= 0.3 is 12.1 Å². The number of esters is 1. The molecule has 2 unspecified atom stereocenters. The second-order valence-electron chi connectivity index (χ2n) is 9.10. The largest absolute Gasteiger partial charge is 0.466 e. The molecule has 0 radical (unpaired) electrons. The lowest BCUT2D eigenvalue weighted by Gasteiger charge is -2.33. The van der Waals surface area contributed by atoms with E-state index in [1.165, 1.54) is 4.90 Å². The number of likely N-dealkylation sites (N-methyl/N-ethyl adjacent to an activating group) is 1. The average Bonchev–Trinajstić information content (AvgIpc) is 2.76. The van der Waals surface area contributed by atoms with Crippen LogP contribution in [0.5, 0.6) is 0 Å². The molecule has 10 heteroatoms. The van der Waals surface area contributed by atoms with E-state index in [2.05, 4.69) is 10.6 Å². The number of rotatable bonds is 11. The van der Waals surface area contributed by atoms with E-state index in [9.17, 15) is 24.3 Å². The maximum Gasteiger partial charge on any atom is 0.408 e. The van der Waals surface area contributed by atoms with Crippen molar-refractivity contribution in [1.82, 2.24) is 15.5 Å². The third kappa shape index (κ3) is 9.56. The van der Waals surface area contributed by atoms with Gasteiger partial charge in [-0.2, -0.15) is 0 Å². The molecular weight excluding hydrogens is 454 g/mol. The number of hydrogen-bond acceptors (Lipinski definition) is 7. The summed E-state index contributed by atoms with van der Waals surface area (Å²) in [6.07, 6.45) is -0.874. The van der Waals surface area contributed by atoms with E-state index in [0.29, 0.717) is 5.56 Å². The Bertz CT molecular complexity index is 896. The third-order valence-corrected chi connectivity index (χ3v) is 5.14. The molecule has 0 aliphatic heterocycles. The van der Waals surface area contributed by atoms with Gasteiger partial charge in [-0.15, -0.1) is 0 Å². The summed E-state index contributed by atoms with van der Waals surface area (Å²) in [5, 5.41) is 14.9. The summed E-state index contributed by atoms with van der Waals surface area (Å²) in [5.41, 5.74) is 1.72. The molecule has 0 saturated heterocycles. The van der Waals surface area contributed by atoms with Gasteiger partial charge in [0.15, 0.2) is 0 Å². The maximum atomic E-state index is 13.4. The van der Waals surface area contributed by atoms with Crippen molar-refractivity contribution < 1.29 is 33.8 Å². The number of nitrogens with zero attached hydrogens (tertiary/aromatic N) is 1. The maximum absolute atomic E-state index is 13.4. The van der Waals surface area contributed by atoms with Crippen molar-refractivity contribution >= 4 is 23.9 Å². The molecule has 0 fully saturated rings. The predicted octanol–water partition coefficient (Wildman–Crippen LogP) is 2.15. The molecule has 0 aliphatic rings. The number of hydrogen-bond donors (Lipinski definition) is 3. The van der Waals surface area contributed by atoms with E-state index in [0.717, 1.165) is 11.1 Å². The van der Waals surface area contributed by atoms with Gasteiger partial charge < -0.3 is 30.1 Å². The van der Waals surface area contributed by atoms with Crippen molar-refractivity contribution in [1.29, 1.82) is 0 Å². The zero-order valence-electron chi connectivity index (χ0n) is 21.8. The minimum atomic E-state index is -1.31. The highest BCUT2D eigenvalue weighted by molar-refractivity contribution is 5.92. The quantitative estimate of drug-likeness (QED) is 0.402. The molecule has 1 rings (SSSR count). The fourth-order valence-electron chi connectivity index (χ4n) is 3.33. The molecule has 0 saturated carbocycles. The molecule has 3 N–H and O–H groups in total. The first-order valence-corrected chi connectivity index (χ1v) is 11.8. The molecule has 10 nitrogen and oxygen atoms in total. The summed E-state index contributed by atoms with van der Waals surface area (Å²) < 4.78 is 10.1. The van der Waals surface area contributed by atoms with Crippen LogP contribution in [0, 0.1) is 13.8 Å².